The zero-order valence-corrected chi connectivity index (χ0v) is 19.2. The number of ether oxygens (including phenoxy) is 3. The zero-order chi connectivity index (χ0) is 22.0. The molecule has 8 nitrogen and oxygen atoms in total. The lowest BCUT2D eigenvalue weighted by atomic mass is 10.0. The SMILES string of the molecule is CCOC(=O)c1c(Nc2nc3ccc(OC)cc3s2)sc2c1CCN(C(=O)OCC)C2. The summed E-state index contributed by atoms with van der Waals surface area (Å²) in [5.74, 6) is 0.399. The Balaban J connectivity index is 1.67. The second-order valence-electron chi connectivity index (χ2n) is 6.78. The number of carbonyl (C=O) groups is 2. The molecule has 0 bridgehead atoms. The molecular weight excluding hydrogens is 438 g/mol. The predicted octanol–water partition coefficient (Wildman–Crippen LogP) is 4.80. The van der Waals surface area contributed by atoms with E-state index >= 15 is 0 Å². The van der Waals surface area contributed by atoms with Crippen molar-refractivity contribution in [1.29, 1.82) is 0 Å². The maximum absolute atomic E-state index is 12.8. The molecule has 4 rings (SSSR count). The molecule has 31 heavy (non-hydrogen) atoms. The number of nitrogens with zero attached hydrogens (tertiary/aromatic N) is 2. The molecule has 3 heterocycles. The number of methoxy groups -OCH3 is 1. The number of carbonyl (C=O) groups excluding carboxylic acids is 2. The van der Waals surface area contributed by atoms with Crippen LogP contribution in [0, 0.1) is 0 Å². The highest BCUT2D eigenvalue weighted by molar-refractivity contribution is 7.23. The molecule has 0 atom stereocenters. The summed E-state index contributed by atoms with van der Waals surface area (Å²) < 4.78 is 16.7. The minimum Gasteiger partial charge on any atom is -0.497 e. The van der Waals surface area contributed by atoms with Crippen LogP contribution < -0.4 is 10.1 Å². The van der Waals surface area contributed by atoms with E-state index in [0.717, 1.165) is 26.4 Å². The highest BCUT2D eigenvalue weighted by Crippen LogP contribution is 2.40. The molecule has 1 aromatic carbocycles. The minimum atomic E-state index is -0.366. The normalized spacial score (nSPS) is 13.1. The molecular formula is C21H23N3O5S2. The van der Waals surface area contributed by atoms with Crippen LogP contribution in [0.4, 0.5) is 14.9 Å². The number of hydrogen-bond acceptors (Lipinski definition) is 9. The molecule has 164 valence electrons. The number of nitrogens with one attached hydrogen (secondary N) is 1. The smallest absolute Gasteiger partial charge is 0.410 e. The maximum Gasteiger partial charge on any atom is 0.410 e. The third-order valence-electron chi connectivity index (χ3n) is 4.88. The maximum atomic E-state index is 12.8. The van der Waals surface area contributed by atoms with Crippen molar-refractivity contribution in [3.05, 3.63) is 34.2 Å². The van der Waals surface area contributed by atoms with Gasteiger partial charge in [-0.15, -0.1) is 11.3 Å². The number of fused-ring (bicyclic) bond motifs is 2. The number of esters is 1. The lowest BCUT2D eigenvalue weighted by Gasteiger charge is -2.26. The average Bonchev–Trinajstić information content (AvgIpc) is 3.33. The monoisotopic (exact) mass is 461 g/mol. The van der Waals surface area contributed by atoms with Gasteiger partial charge in [0.2, 0.25) is 0 Å². The van der Waals surface area contributed by atoms with Gasteiger partial charge in [-0.3, -0.25) is 0 Å². The minimum absolute atomic E-state index is 0.290. The van der Waals surface area contributed by atoms with E-state index in [0.29, 0.717) is 48.4 Å². The number of thiophene rings is 1. The molecule has 0 radical (unpaired) electrons. The van der Waals surface area contributed by atoms with Crippen LogP contribution in [0.15, 0.2) is 18.2 Å². The summed E-state index contributed by atoms with van der Waals surface area (Å²) in [5.41, 5.74) is 2.30. The van der Waals surface area contributed by atoms with Gasteiger partial charge in [0.05, 0.1) is 42.6 Å². The Bertz CT molecular complexity index is 1120. The first kappa shape index (κ1) is 21.4. The fraction of sp³-hybridized carbons (Fsp3) is 0.381. The van der Waals surface area contributed by atoms with Crippen LogP contribution in [0.3, 0.4) is 0 Å². The molecule has 1 aliphatic rings. The van der Waals surface area contributed by atoms with Gasteiger partial charge < -0.3 is 24.4 Å². The fourth-order valence-electron chi connectivity index (χ4n) is 3.46. The molecule has 0 spiro atoms. The average molecular weight is 462 g/mol. The number of aromatic nitrogens is 1. The Hall–Kier alpha value is -2.85. The van der Waals surface area contributed by atoms with Crippen molar-refractivity contribution in [2.75, 3.05) is 32.2 Å². The van der Waals surface area contributed by atoms with Crippen LogP contribution in [0.25, 0.3) is 10.2 Å². The van der Waals surface area contributed by atoms with Gasteiger partial charge in [-0.25, -0.2) is 14.6 Å². The lowest BCUT2D eigenvalue weighted by Crippen LogP contribution is -2.36. The van der Waals surface area contributed by atoms with E-state index in [1.807, 2.05) is 18.2 Å². The first-order valence-electron chi connectivity index (χ1n) is 9.99. The molecule has 1 aliphatic heterocycles. The van der Waals surface area contributed by atoms with Crippen LogP contribution in [0.2, 0.25) is 0 Å². The molecule has 10 heteroatoms. The highest BCUT2D eigenvalue weighted by atomic mass is 32.1. The third kappa shape index (κ3) is 4.31. The zero-order valence-electron chi connectivity index (χ0n) is 17.5. The molecule has 1 amide bonds. The van der Waals surface area contributed by atoms with E-state index in [1.54, 1.807) is 25.9 Å². The second-order valence-corrected chi connectivity index (χ2v) is 8.91. The van der Waals surface area contributed by atoms with Crippen molar-refractivity contribution >= 4 is 55.1 Å². The van der Waals surface area contributed by atoms with Crippen molar-refractivity contribution in [2.24, 2.45) is 0 Å². The Morgan fingerprint density at radius 3 is 2.74 bits per heavy atom. The topological polar surface area (TPSA) is 90.0 Å². The number of thiazole rings is 1. The summed E-state index contributed by atoms with van der Waals surface area (Å²) in [7, 11) is 1.63. The quantitative estimate of drug-likeness (QED) is 0.527. The Morgan fingerprint density at radius 2 is 2.00 bits per heavy atom. The Morgan fingerprint density at radius 1 is 1.19 bits per heavy atom. The Labute approximate surface area is 187 Å². The molecule has 0 aliphatic carbocycles. The molecule has 2 aromatic heterocycles. The van der Waals surface area contributed by atoms with E-state index in [4.69, 9.17) is 14.2 Å². The third-order valence-corrected chi connectivity index (χ3v) is 6.94. The summed E-state index contributed by atoms with van der Waals surface area (Å²) in [6, 6.07) is 5.70. The molecule has 0 saturated carbocycles. The van der Waals surface area contributed by atoms with Gasteiger partial charge in [-0.2, -0.15) is 0 Å². The summed E-state index contributed by atoms with van der Waals surface area (Å²) in [4.78, 5) is 32.2. The van der Waals surface area contributed by atoms with Crippen LogP contribution in [0.5, 0.6) is 5.75 Å². The molecule has 1 N–H and O–H groups in total. The van der Waals surface area contributed by atoms with Gasteiger partial charge in [0.1, 0.15) is 10.8 Å². The van der Waals surface area contributed by atoms with E-state index in [2.05, 4.69) is 10.3 Å². The van der Waals surface area contributed by atoms with Crippen molar-refractivity contribution in [3.63, 3.8) is 0 Å². The lowest BCUT2D eigenvalue weighted by molar-refractivity contribution is 0.0526. The van der Waals surface area contributed by atoms with Crippen molar-refractivity contribution < 1.29 is 23.8 Å². The van der Waals surface area contributed by atoms with Crippen molar-refractivity contribution in [3.8, 4) is 5.75 Å². The molecule has 3 aromatic rings. The summed E-state index contributed by atoms with van der Waals surface area (Å²) >= 11 is 2.93. The predicted molar refractivity (Wildman–Crippen MR) is 121 cm³/mol. The largest absolute Gasteiger partial charge is 0.497 e. The summed E-state index contributed by atoms with van der Waals surface area (Å²) in [6.45, 7) is 5.09. The standard InChI is InChI=1S/C21H23N3O5S2/c1-4-28-19(25)17-13-8-9-24(21(26)29-5-2)11-16(13)30-18(17)23-20-22-14-7-6-12(27-3)10-15(14)31-20/h6-7,10H,4-5,8-9,11H2,1-3H3,(H,22,23). The summed E-state index contributed by atoms with van der Waals surface area (Å²) in [5, 5.41) is 4.67. The highest BCUT2D eigenvalue weighted by Gasteiger charge is 2.31. The van der Waals surface area contributed by atoms with E-state index in [-0.39, 0.29) is 12.1 Å². The molecule has 0 saturated heterocycles. The summed E-state index contributed by atoms with van der Waals surface area (Å²) in [6.07, 6.45) is 0.228. The van der Waals surface area contributed by atoms with Gasteiger partial charge in [0.15, 0.2) is 5.13 Å². The van der Waals surface area contributed by atoms with Crippen LogP contribution >= 0.6 is 22.7 Å². The van der Waals surface area contributed by atoms with Gasteiger partial charge in [-0.1, -0.05) is 11.3 Å². The number of benzene rings is 1. The fourth-order valence-corrected chi connectivity index (χ4v) is 5.68. The molecule has 0 unspecified atom stereocenters. The number of hydrogen-bond donors (Lipinski definition) is 1. The van der Waals surface area contributed by atoms with Crippen LogP contribution in [-0.2, 0) is 22.4 Å². The second kappa shape index (κ2) is 9.11. The first-order valence-corrected chi connectivity index (χ1v) is 11.6. The van der Waals surface area contributed by atoms with Crippen molar-refractivity contribution in [2.45, 2.75) is 26.8 Å². The van der Waals surface area contributed by atoms with Gasteiger partial charge in [0.25, 0.3) is 0 Å². The van der Waals surface area contributed by atoms with E-state index in [9.17, 15) is 9.59 Å². The van der Waals surface area contributed by atoms with E-state index < -0.39 is 0 Å². The van der Waals surface area contributed by atoms with Gasteiger partial charge in [-0.05, 0) is 44.0 Å². The van der Waals surface area contributed by atoms with Gasteiger partial charge in [0, 0.05) is 11.4 Å². The number of rotatable bonds is 6. The van der Waals surface area contributed by atoms with Gasteiger partial charge >= 0.3 is 12.1 Å². The van der Waals surface area contributed by atoms with Crippen molar-refractivity contribution in [1.82, 2.24) is 9.88 Å². The van der Waals surface area contributed by atoms with Crippen LogP contribution in [0.1, 0.15) is 34.6 Å². The van der Waals surface area contributed by atoms with E-state index in [1.165, 1.54) is 22.7 Å². The number of anilines is 2. The number of amides is 1. The van der Waals surface area contributed by atoms with Crippen LogP contribution in [-0.4, -0.2) is 48.8 Å². The first-order chi connectivity index (χ1) is 15.0. The molecule has 0 fully saturated rings. The Kier molecular flexibility index (Phi) is 6.28.